The largest absolute Gasteiger partial charge is 0.508 e. The molecular weight excluding hydrogens is 441 g/mol. The number of benzene rings is 3. The van der Waals surface area contributed by atoms with Gasteiger partial charge in [0.2, 0.25) is 8.03 Å². The van der Waals surface area contributed by atoms with Crippen molar-refractivity contribution in [3.05, 3.63) is 83.4 Å². The fourth-order valence-corrected chi connectivity index (χ4v) is 3.96. The molecule has 0 saturated carbocycles. The summed E-state index contributed by atoms with van der Waals surface area (Å²) in [6.45, 7) is 2.23. The molecule has 0 fully saturated rings. The molecule has 0 aliphatic carbocycles. The topological polar surface area (TPSA) is 108 Å². The van der Waals surface area contributed by atoms with Crippen LogP contribution in [0.5, 0.6) is 17.2 Å². The summed E-state index contributed by atoms with van der Waals surface area (Å²) in [5.41, 5.74) is 2.36. The minimum Gasteiger partial charge on any atom is -0.508 e. The van der Waals surface area contributed by atoms with Crippen LogP contribution in [0.3, 0.4) is 0 Å². The van der Waals surface area contributed by atoms with Gasteiger partial charge in [-0.05, 0) is 67.9 Å². The highest BCUT2D eigenvalue weighted by Crippen LogP contribution is 2.23. The maximum atomic E-state index is 11.5. The molecule has 0 radical (unpaired) electrons. The minimum absolute atomic E-state index is 0.0663. The van der Waals surface area contributed by atoms with Gasteiger partial charge in [-0.2, -0.15) is 0 Å². The molecule has 3 rings (SSSR count). The molecule has 0 unspecified atom stereocenters. The average molecular weight is 471 g/mol. The molecule has 0 spiro atoms. The van der Waals surface area contributed by atoms with Crippen molar-refractivity contribution >= 4 is 13.3 Å². The number of hydrogen-bond donors (Lipinski definition) is 4. The molecular formula is C25H30NO6P. The minimum atomic E-state index is -2.75. The maximum Gasteiger partial charge on any atom is 0.218 e. The summed E-state index contributed by atoms with van der Waals surface area (Å²) in [4.78, 5) is 9.43. The summed E-state index contributed by atoms with van der Waals surface area (Å²) in [7, 11) is -2.75. The van der Waals surface area contributed by atoms with Gasteiger partial charge in [-0.1, -0.05) is 30.3 Å². The number of hydrogen-bond acceptors (Lipinski definition) is 6. The molecule has 3 aromatic carbocycles. The first-order valence-electron chi connectivity index (χ1n) is 10.9. The Bertz CT molecular complexity index is 1040. The van der Waals surface area contributed by atoms with Crippen LogP contribution in [0, 0.1) is 0 Å². The number of rotatable bonds is 13. The SMILES string of the molecule is O=[P@@H](O)c1ccccc1COc1ccc(CCNCCCOc2ccc(O)c(CO)c2)cc1. The van der Waals surface area contributed by atoms with E-state index in [1.807, 2.05) is 30.3 Å². The molecule has 4 N–H and O–H groups in total. The predicted molar refractivity (Wildman–Crippen MR) is 129 cm³/mol. The van der Waals surface area contributed by atoms with Crippen molar-refractivity contribution in [1.29, 1.82) is 0 Å². The van der Waals surface area contributed by atoms with Crippen LogP contribution in [0.25, 0.3) is 0 Å². The third-order valence-corrected chi connectivity index (χ3v) is 6.09. The zero-order valence-electron chi connectivity index (χ0n) is 18.4. The van der Waals surface area contributed by atoms with Gasteiger partial charge in [0, 0.05) is 16.4 Å². The van der Waals surface area contributed by atoms with E-state index < -0.39 is 8.03 Å². The van der Waals surface area contributed by atoms with Crippen LogP contribution in [-0.4, -0.2) is 34.8 Å². The lowest BCUT2D eigenvalue weighted by atomic mass is 10.1. The number of ether oxygens (including phenoxy) is 2. The van der Waals surface area contributed by atoms with Crippen molar-refractivity contribution < 1.29 is 29.1 Å². The lowest BCUT2D eigenvalue weighted by molar-refractivity contribution is 0.272. The molecule has 0 aliphatic rings. The number of aliphatic hydroxyl groups is 1. The van der Waals surface area contributed by atoms with Gasteiger partial charge in [0.05, 0.1) is 13.2 Å². The van der Waals surface area contributed by atoms with E-state index in [1.54, 1.807) is 30.3 Å². The Labute approximate surface area is 194 Å². The third kappa shape index (κ3) is 7.91. The molecule has 8 heteroatoms. The lowest BCUT2D eigenvalue weighted by Crippen LogP contribution is -2.20. The number of phenols is 1. The van der Waals surface area contributed by atoms with E-state index in [4.69, 9.17) is 9.47 Å². The predicted octanol–water partition coefficient (Wildman–Crippen LogP) is 3.16. The van der Waals surface area contributed by atoms with E-state index in [0.717, 1.165) is 37.2 Å². The van der Waals surface area contributed by atoms with Crippen molar-refractivity contribution in [2.45, 2.75) is 26.1 Å². The summed E-state index contributed by atoms with van der Waals surface area (Å²) in [5.74, 6) is 1.42. The highest BCUT2D eigenvalue weighted by molar-refractivity contribution is 7.47. The fourth-order valence-electron chi connectivity index (χ4n) is 3.29. The van der Waals surface area contributed by atoms with E-state index in [0.29, 0.717) is 23.2 Å². The molecule has 0 heterocycles. The zero-order chi connectivity index (χ0) is 23.5. The molecule has 0 saturated heterocycles. The average Bonchev–Trinajstić information content (AvgIpc) is 2.84. The van der Waals surface area contributed by atoms with Crippen LogP contribution in [0.2, 0.25) is 0 Å². The molecule has 3 aromatic rings. The van der Waals surface area contributed by atoms with E-state index in [1.165, 1.54) is 11.6 Å². The van der Waals surface area contributed by atoms with Crippen LogP contribution < -0.4 is 20.1 Å². The first-order chi connectivity index (χ1) is 16.1. The van der Waals surface area contributed by atoms with E-state index in [-0.39, 0.29) is 19.0 Å². The Hall–Kier alpha value is -2.83. The Balaban J connectivity index is 1.32. The maximum absolute atomic E-state index is 11.5. The van der Waals surface area contributed by atoms with E-state index in [9.17, 15) is 19.7 Å². The summed E-state index contributed by atoms with van der Waals surface area (Å²) < 4.78 is 22.9. The van der Waals surface area contributed by atoms with Gasteiger partial charge in [-0.15, -0.1) is 0 Å². The molecule has 0 bridgehead atoms. The van der Waals surface area contributed by atoms with Crippen molar-refractivity contribution in [3.63, 3.8) is 0 Å². The van der Waals surface area contributed by atoms with Gasteiger partial charge in [-0.25, -0.2) is 0 Å². The molecule has 7 nitrogen and oxygen atoms in total. The fraction of sp³-hybridized carbons (Fsp3) is 0.280. The van der Waals surface area contributed by atoms with Gasteiger partial charge < -0.3 is 29.9 Å². The Morgan fingerprint density at radius 3 is 2.39 bits per heavy atom. The number of nitrogens with one attached hydrogen (secondary N) is 1. The van der Waals surface area contributed by atoms with Crippen LogP contribution >= 0.6 is 8.03 Å². The quantitative estimate of drug-likeness (QED) is 0.224. The van der Waals surface area contributed by atoms with Gasteiger partial charge in [-0.3, -0.25) is 4.57 Å². The summed E-state index contributed by atoms with van der Waals surface area (Å²) >= 11 is 0. The van der Waals surface area contributed by atoms with Crippen LogP contribution in [0.1, 0.15) is 23.1 Å². The van der Waals surface area contributed by atoms with Crippen molar-refractivity contribution in [2.24, 2.45) is 0 Å². The molecule has 0 aromatic heterocycles. The lowest BCUT2D eigenvalue weighted by Gasteiger charge is -2.10. The van der Waals surface area contributed by atoms with Crippen molar-refractivity contribution in [1.82, 2.24) is 5.32 Å². The second-order valence-electron chi connectivity index (χ2n) is 7.55. The number of aromatic hydroxyl groups is 1. The molecule has 0 aliphatic heterocycles. The normalized spacial score (nSPS) is 11.8. The summed E-state index contributed by atoms with van der Waals surface area (Å²) in [6.07, 6.45) is 1.72. The highest BCUT2D eigenvalue weighted by Gasteiger charge is 2.07. The third-order valence-electron chi connectivity index (χ3n) is 5.14. The van der Waals surface area contributed by atoms with Crippen molar-refractivity contribution in [2.75, 3.05) is 19.7 Å². The van der Waals surface area contributed by atoms with Crippen molar-refractivity contribution in [3.8, 4) is 17.2 Å². The second kappa shape index (κ2) is 13.0. The molecule has 33 heavy (non-hydrogen) atoms. The van der Waals surface area contributed by atoms with E-state index in [2.05, 4.69) is 5.32 Å². The van der Waals surface area contributed by atoms with E-state index >= 15 is 0 Å². The molecule has 176 valence electrons. The Morgan fingerprint density at radius 1 is 0.879 bits per heavy atom. The summed E-state index contributed by atoms with van der Waals surface area (Å²) in [6, 6.07) is 19.7. The van der Waals surface area contributed by atoms with Gasteiger partial charge in [0.25, 0.3) is 0 Å². The molecule has 1 atom stereocenters. The number of aliphatic hydroxyl groups excluding tert-OH is 1. The summed E-state index contributed by atoms with van der Waals surface area (Å²) in [5, 5.41) is 22.6. The Kier molecular flexibility index (Phi) is 9.78. The van der Waals surface area contributed by atoms with Gasteiger partial charge >= 0.3 is 0 Å². The monoisotopic (exact) mass is 471 g/mol. The smallest absolute Gasteiger partial charge is 0.218 e. The van der Waals surface area contributed by atoms with Crippen LogP contribution in [-0.2, 0) is 24.2 Å². The second-order valence-corrected chi connectivity index (χ2v) is 8.69. The molecule has 0 amide bonds. The highest BCUT2D eigenvalue weighted by atomic mass is 31.1. The standard InChI is InChI=1S/C25H30NO6P/c27-17-21-16-23(10-11-24(21)28)31-15-3-13-26-14-12-19-6-8-22(9-7-19)32-18-20-4-1-2-5-25(20)33(29)30/h1-2,4-11,16,26-28,33H,3,12-15,17-18H2,(H,29,30). The van der Waals surface area contributed by atoms with Gasteiger partial charge in [0.15, 0.2) is 0 Å². The zero-order valence-corrected chi connectivity index (χ0v) is 19.4. The van der Waals surface area contributed by atoms with Gasteiger partial charge in [0.1, 0.15) is 23.9 Å². The van der Waals surface area contributed by atoms with Crippen LogP contribution in [0.15, 0.2) is 66.7 Å². The first kappa shape index (κ1) is 24.8. The first-order valence-corrected chi connectivity index (χ1v) is 12.2. The Morgan fingerprint density at radius 2 is 1.64 bits per heavy atom. The van der Waals surface area contributed by atoms with Crippen LogP contribution in [0.4, 0.5) is 0 Å².